The standard InChI is InChI=1S/C18H20F2N2O/c19-15-5-1-13(2-6-15)18(14-3-7-16(20)8-4-14)22-10-9-21-17(11-22)12-23/h1-8,17-18,21,23H,9-12H2/t17-/m1/s1. The van der Waals surface area contributed by atoms with E-state index in [1.807, 2.05) is 0 Å². The van der Waals surface area contributed by atoms with E-state index in [0.29, 0.717) is 6.54 Å². The summed E-state index contributed by atoms with van der Waals surface area (Å²) >= 11 is 0. The molecule has 1 atom stereocenters. The van der Waals surface area contributed by atoms with Crippen molar-refractivity contribution in [3.8, 4) is 0 Å². The molecule has 0 bridgehead atoms. The minimum absolute atomic E-state index is 0.00662. The van der Waals surface area contributed by atoms with Crippen molar-refractivity contribution in [2.45, 2.75) is 12.1 Å². The number of rotatable bonds is 4. The van der Waals surface area contributed by atoms with Crippen molar-refractivity contribution < 1.29 is 13.9 Å². The largest absolute Gasteiger partial charge is 0.395 e. The smallest absolute Gasteiger partial charge is 0.123 e. The van der Waals surface area contributed by atoms with Crippen molar-refractivity contribution in [1.29, 1.82) is 0 Å². The number of nitrogens with one attached hydrogen (secondary N) is 1. The van der Waals surface area contributed by atoms with Crippen molar-refractivity contribution >= 4 is 0 Å². The maximum Gasteiger partial charge on any atom is 0.123 e. The van der Waals surface area contributed by atoms with Crippen LogP contribution in [0.1, 0.15) is 17.2 Å². The summed E-state index contributed by atoms with van der Waals surface area (Å²) in [5.74, 6) is -0.555. The van der Waals surface area contributed by atoms with E-state index in [2.05, 4.69) is 10.2 Å². The first-order valence-electron chi connectivity index (χ1n) is 7.76. The number of hydrogen-bond donors (Lipinski definition) is 2. The van der Waals surface area contributed by atoms with Crippen LogP contribution in [0.5, 0.6) is 0 Å². The van der Waals surface area contributed by atoms with Gasteiger partial charge in [0.1, 0.15) is 11.6 Å². The highest BCUT2D eigenvalue weighted by Gasteiger charge is 2.27. The summed E-state index contributed by atoms with van der Waals surface area (Å²) in [6.07, 6.45) is 0. The summed E-state index contributed by atoms with van der Waals surface area (Å²) in [6.45, 7) is 2.31. The Bertz CT molecular complexity index is 585. The second kappa shape index (κ2) is 7.17. The molecule has 23 heavy (non-hydrogen) atoms. The van der Waals surface area contributed by atoms with E-state index in [0.717, 1.165) is 24.2 Å². The maximum atomic E-state index is 13.3. The average molecular weight is 318 g/mol. The van der Waals surface area contributed by atoms with Crippen LogP contribution in [-0.4, -0.2) is 42.3 Å². The van der Waals surface area contributed by atoms with Crippen molar-refractivity contribution in [3.63, 3.8) is 0 Å². The Kier molecular flexibility index (Phi) is 5.00. The van der Waals surface area contributed by atoms with Gasteiger partial charge in [0.25, 0.3) is 0 Å². The molecule has 3 nitrogen and oxygen atoms in total. The molecule has 2 aromatic carbocycles. The molecular formula is C18H20F2N2O. The summed E-state index contributed by atoms with van der Waals surface area (Å²) < 4.78 is 26.5. The van der Waals surface area contributed by atoms with E-state index in [-0.39, 0.29) is 30.3 Å². The highest BCUT2D eigenvalue weighted by molar-refractivity contribution is 5.32. The lowest BCUT2D eigenvalue weighted by molar-refractivity contribution is 0.126. The van der Waals surface area contributed by atoms with E-state index in [1.165, 1.54) is 24.3 Å². The predicted octanol–water partition coefficient (Wildman–Crippen LogP) is 2.32. The van der Waals surface area contributed by atoms with Gasteiger partial charge >= 0.3 is 0 Å². The van der Waals surface area contributed by atoms with Crippen LogP contribution in [0.3, 0.4) is 0 Å². The molecule has 1 aliphatic heterocycles. The molecule has 122 valence electrons. The first kappa shape index (κ1) is 16.1. The molecule has 0 radical (unpaired) electrons. The van der Waals surface area contributed by atoms with Crippen LogP contribution in [0.4, 0.5) is 8.78 Å². The number of benzene rings is 2. The molecule has 2 aromatic rings. The fourth-order valence-corrected chi connectivity index (χ4v) is 3.11. The van der Waals surface area contributed by atoms with Crippen LogP contribution in [0, 0.1) is 11.6 Å². The van der Waals surface area contributed by atoms with Gasteiger partial charge in [0, 0.05) is 25.7 Å². The quantitative estimate of drug-likeness (QED) is 0.908. The molecule has 0 unspecified atom stereocenters. The highest BCUT2D eigenvalue weighted by atomic mass is 19.1. The molecule has 0 saturated carbocycles. The third-order valence-corrected chi connectivity index (χ3v) is 4.24. The molecule has 0 spiro atoms. The van der Waals surface area contributed by atoms with E-state index < -0.39 is 0 Å². The van der Waals surface area contributed by atoms with Gasteiger partial charge in [0.05, 0.1) is 12.6 Å². The van der Waals surface area contributed by atoms with Gasteiger partial charge in [-0.3, -0.25) is 4.90 Å². The molecule has 0 aromatic heterocycles. The van der Waals surface area contributed by atoms with Gasteiger partial charge < -0.3 is 10.4 Å². The maximum absolute atomic E-state index is 13.3. The van der Waals surface area contributed by atoms with Gasteiger partial charge in [-0.25, -0.2) is 8.78 Å². The Balaban J connectivity index is 1.95. The average Bonchev–Trinajstić information content (AvgIpc) is 2.59. The SMILES string of the molecule is OC[C@H]1CN(C(c2ccc(F)cc2)c2ccc(F)cc2)CCN1. The number of aliphatic hydroxyl groups excluding tert-OH is 1. The van der Waals surface area contributed by atoms with Gasteiger partial charge in [-0.2, -0.15) is 0 Å². The summed E-state index contributed by atoms with van der Waals surface area (Å²) in [5, 5.41) is 12.7. The molecule has 3 rings (SSSR count). The molecule has 1 aliphatic rings. The second-order valence-corrected chi connectivity index (χ2v) is 5.83. The molecule has 0 aliphatic carbocycles. The van der Waals surface area contributed by atoms with Gasteiger partial charge in [0.15, 0.2) is 0 Å². The zero-order chi connectivity index (χ0) is 16.2. The van der Waals surface area contributed by atoms with Crippen LogP contribution in [0.15, 0.2) is 48.5 Å². The predicted molar refractivity (Wildman–Crippen MR) is 85.1 cm³/mol. The lowest BCUT2D eigenvalue weighted by Gasteiger charge is -2.39. The normalized spacial score (nSPS) is 19.2. The minimum Gasteiger partial charge on any atom is -0.395 e. The molecule has 1 saturated heterocycles. The first-order valence-corrected chi connectivity index (χ1v) is 7.76. The van der Waals surface area contributed by atoms with Crippen LogP contribution >= 0.6 is 0 Å². The van der Waals surface area contributed by atoms with E-state index in [9.17, 15) is 13.9 Å². The van der Waals surface area contributed by atoms with Crippen molar-refractivity contribution in [3.05, 3.63) is 71.3 Å². The number of nitrogens with zero attached hydrogens (tertiary/aromatic N) is 1. The van der Waals surface area contributed by atoms with Crippen molar-refractivity contribution in [2.24, 2.45) is 0 Å². The highest BCUT2D eigenvalue weighted by Crippen LogP contribution is 2.29. The van der Waals surface area contributed by atoms with Gasteiger partial charge in [-0.05, 0) is 35.4 Å². The van der Waals surface area contributed by atoms with Gasteiger partial charge in [-0.15, -0.1) is 0 Å². The number of aliphatic hydroxyl groups is 1. The zero-order valence-electron chi connectivity index (χ0n) is 12.8. The van der Waals surface area contributed by atoms with Crippen molar-refractivity contribution in [2.75, 3.05) is 26.2 Å². The van der Waals surface area contributed by atoms with Crippen LogP contribution in [-0.2, 0) is 0 Å². The zero-order valence-corrected chi connectivity index (χ0v) is 12.8. The van der Waals surface area contributed by atoms with Crippen LogP contribution in [0.25, 0.3) is 0 Å². The monoisotopic (exact) mass is 318 g/mol. The lowest BCUT2D eigenvalue weighted by Crippen LogP contribution is -2.53. The second-order valence-electron chi connectivity index (χ2n) is 5.83. The number of halogens is 2. The first-order chi connectivity index (χ1) is 11.2. The van der Waals surface area contributed by atoms with E-state index >= 15 is 0 Å². The fraction of sp³-hybridized carbons (Fsp3) is 0.333. The molecule has 5 heteroatoms. The van der Waals surface area contributed by atoms with E-state index in [1.54, 1.807) is 24.3 Å². The lowest BCUT2D eigenvalue weighted by atomic mass is 9.95. The Morgan fingerprint density at radius 2 is 1.52 bits per heavy atom. The van der Waals surface area contributed by atoms with Crippen molar-refractivity contribution in [1.82, 2.24) is 10.2 Å². The number of hydrogen-bond acceptors (Lipinski definition) is 3. The third kappa shape index (κ3) is 3.75. The molecule has 2 N–H and O–H groups in total. The Morgan fingerprint density at radius 1 is 1.00 bits per heavy atom. The minimum atomic E-state index is -0.278. The molecule has 1 heterocycles. The summed E-state index contributed by atoms with van der Waals surface area (Å²) in [7, 11) is 0. The Hall–Kier alpha value is -1.82. The molecule has 0 amide bonds. The Morgan fingerprint density at radius 3 is 2.00 bits per heavy atom. The van der Waals surface area contributed by atoms with Gasteiger partial charge in [-0.1, -0.05) is 24.3 Å². The molecular weight excluding hydrogens is 298 g/mol. The van der Waals surface area contributed by atoms with Crippen LogP contribution in [0.2, 0.25) is 0 Å². The summed E-state index contributed by atoms with van der Waals surface area (Å²) in [5.41, 5.74) is 1.91. The third-order valence-electron chi connectivity index (χ3n) is 4.24. The number of piperazine rings is 1. The van der Waals surface area contributed by atoms with Crippen LogP contribution < -0.4 is 5.32 Å². The molecule has 1 fully saturated rings. The summed E-state index contributed by atoms with van der Waals surface area (Å²) in [4.78, 5) is 2.23. The summed E-state index contributed by atoms with van der Waals surface area (Å²) in [6, 6.07) is 12.7. The van der Waals surface area contributed by atoms with E-state index in [4.69, 9.17) is 0 Å². The van der Waals surface area contributed by atoms with Gasteiger partial charge in [0.2, 0.25) is 0 Å². The topological polar surface area (TPSA) is 35.5 Å². The Labute approximate surface area is 134 Å². The fourth-order valence-electron chi connectivity index (χ4n) is 3.11.